The van der Waals surface area contributed by atoms with Gasteiger partial charge in [-0.1, -0.05) is 66.2 Å². The summed E-state index contributed by atoms with van der Waals surface area (Å²) < 4.78 is 1.34. The van der Waals surface area contributed by atoms with Gasteiger partial charge in [0, 0.05) is 29.5 Å². The summed E-state index contributed by atoms with van der Waals surface area (Å²) in [5.41, 5.74) is 2.65. The van der Waals surface area contributed by atoms with Gasteiger partial charge in [-0.2, -0.15) is 9.67 Å². The molecule has 0 radical (unpaired) electrons. The molecular weight excluding hydrogens is 434 g/mol. The fourth-order valence-corrected chi connectivity index (χ4v) is 3.94. The zero-order valence-corrected chi connectivity index (χ0v) is 18.4. The molecule has 0 aliphatic carbocycles. The first kappa shape index (κ1) is 20.8. The van der Waals surface area contributed by atoms with Crippen LogP contribution in [0, 0.1) is 0 Å². The van der Waals surface area contributed by atoms with Crippen LogP contribution >= 0.6 is 11.6 Å². The first-order valence-electron chi connectivity index (χ1n) is 10.5. The van der Waals surface area contributed by atoms with Gasteiger partial charge >= 0.3 is 0 Å². The largest absolute Gasteiger partial charge is 0.350 e. The summed E-state index contributed by atoms with van der Waals surface area (Å²) in [5, 5.41) is 10.6. The average molecular weight is 454 g/mol. The molecular formula is C26H20ClN5O. The highest BCUT2D eigenvalue weighted by Crippen LogP contribution is 2.22. The second-order valence-corrected chi connectivity index (χ2v) is 8.04. The van der Waals surface area contributed by atoms with Crippen molar-refractivity contribution in [3.05, 3.63) is 107 Å². The Morgan fingerprint density at radius 3 is 2.67 bits per heavy atom. The van der Waals surface area contributed by atoms with Crippen LogP contribution in [0.25, 0.3) is 22.2 Å². The molecule has 1 N–H and O–H groups in total. The highest BCUT2D eigenvalue weighted by Gasteiger charge is 2.18. The Labute approximate surface area is 195 Å². The summed E-state index contributed by atoms with van der Waals surface area (Å²) in [6.45, 7) is 0.452. The van der Waals surface area contributed by atoms with Gasteiger partial charge in [0.15, 0.2) is 5.82 Å². The molecule has 0 bridgehead atoms. The van der Waals surface area contributed by atoms with Crippen LogP contribution in [0.5, 0.6) is 0 Å². The lowest BCUT2D eigenvalue weighted by atomic mass is 10.0. The summed E-state index contributed by atoms with van der Waals surface area (Å²) in [6.07, 6.45) is 3.56. The Kier molecular flexibility index (Phi) is 5.83. The van der Waals surface area contributed by atoms with E-state index in [0.717, 1.165) is 27.5 Å². The minimum Gasteiger partial charge on any atom is -0.350 e. The maximum absolute atomic E-state index is 13.4. The van der Waals surface area contributed by atoms with Crippen LogP contribution in [-0.4, -0.2) is 25.7 Å². The minimum atomic E-state index is -0.178. The van der Waals surface area contributed by atoms with E-state index in [1.807, 2.05) is 78.9 Å². The second kappa shape index (κ2) is 9.22. The Bertz CT molecular complexity index is 1430. The molecule has 0 aliphatic rings. The lowest BCUT2D eigenvalue weighted by Crippen LogP contribution is -2.18. The zero-order valence-electron chi connectivity index (χ0n) is 17.6. The highest BCUT2D eigenvalue weighted by molar-refractivity contribution is 6.30. The summed E-state index contributed by atoms with van der Waals surface area (Å²) in [5.74, 6) is 0.629. The van der Waals surface area contributed by atoms with E-state index in [-0.39, 0.29) is 12.3 Å². The first-order chi connectivity index (χ1) is 16.2. The Morgan fingerprint density at radius 2 is 1.82 bits per heavy atom. The molecule has 0 unspecified atom stereocenters. The molecule has 0 saturated heterocycles. The van der Waals surface area contributed by atoms with E-state index in [2.05, 4.69) is 20.4 Å². The predicted octanol–water partition coefficient (Wildman–Crippen LogP) is 5.64. The van der Waals surface area contributed by atoms with Gasteiger partial charge < -0.3 is 5.32 Å². The molecule has 33 heavy (non-hydrogen) atoms. The van der Waals surface area contributed by atoms with Crippen molar-refractivity contribution in [2.24, 2.45) is 0 Å². The van der Waals surface area contributed by atoms with Crippen molar-refractivity contribution >= 4 is 34.2 Å². The normalized spacial score (nSPS) is 10.9. The van der Waals surface area contributed by atoms with E-state index in [1.54, 1.807) is 12.4 Å². The fourth-order valence-electron chi connectivity index (χ4n) is 3.73. The molecule has 6 nitrogen and oxygen atoms in total. The van der Waals surface area contributed by atoms with Crippen LogP contribution in [-0.2, 0) is 13.0 Å². The van der Waals surface area contributed by atoms with E-state index in [0.29, 0.717) is 23.3 Å². The van der Waals surface area contributed by atoms with Crippen molar-refractivity contribution < 1.29 is 4.79 Å². The van der Waals surface area contributed by atoms with Gasteiger partial charge in [-0.15, -0.1) is 5.10 Å². The number of fused-ring (bicyclic) bond motifs is 1. The fraction of sp³-hybridized carbons (Fsp3) is 0.0769. The van der Waals surface area contributed by atoms with Gasteiger partial charge in [-0.05, 0) is 46.2 Å². The summed E-state index contributed by atoms with van der Waals surface area (Å²) >= 11 is 6.11. The molecule has 5 aromatic rings. The number of hydrogen-bond acceptors (Lipinski definition) is 5. The third-order valence-electron chi connectivity index (χ3n) is 5.32. The number of benzene rings is 3. The third-order valence-corrected chi connectivity index (χ3v) is 5.56. The number of nitrogens with zero attached hydrogens (tertiary/aromatic N) is 4. The number of aromatic nitrogens is 4. The Balaban J connectivity index is 1.47. The van der Waals surface area contributed by atoms with Crippen LogP contribution < -0.4 is 5.32 Å². The molecule has 7 heteroatoms. The topological polar surface area (TPSA) is 72.7 Å². The number of halogens is 1. The van der Waals surface area contributed by atoms with Gasteiger partial charge in [0.05, 0.1) is 6.42 Å². The number of carbonyl (C=O) groups excluding carboxylic acids is 1. The van der Waals surface area contributed by atoms with Gasteiger partial charge in [0.25, 0.3) is 5.91 Å². The van der Waals surface area contributed by atoms with Crippen molar-refractivity contribution in [1.82, 2.24) is 19.7 Å². The summed E-state index contributed by atoms with van der Waals surface area (Å²) in [4.78, 5) is 22.1. The number of pyridine rings is 1. The molecule has 0 aliphatic heterocycles. The summed E-state index contributed by atoms with van der Waals surface area (Å²) in [7, 11) is 0. The highest BCUT2D eigenvalue weighted by atomic mass is 35.5. The number of rotatable bonds is 6. The molecule has 3 aromatic carbocycles. The van der Waals surface area contributed by atoms with E-state index in [9.17, 15) is 4.79 Å². The van der Waals surface area contributed by atoms with Crippen LogP contribution in [0.3, 0.4) is 0 Å². The van der Waals surface area contributed by atoms with Crippen molar-refractivity contribution in [1.29, 1.82) is 0 Å². The van der Waals surface area contributed by atoms with Gasteiger partial charge in [-0.25, -0.2) is 0 Å². The van der Waals surface area contributed by atoms with Crippen molar-refractivity contribution in [2.75, 3.05) is 5.32 Å². The van der Waals surface area contributed by atoms with Crippen LogP contribution in [0.1, 0.15) is 15.9 Å². The lowest BCUT2D eigenvalue weighted by Gasteiger charge is -2.09. The molecule has 0 amide bonds. The first-order valence-corrected chi connectivity index (χ1v) is 10.9. The van der Waals surface area contributed by atoms with E-state index in [1.165, 1.54) is 4.68 Å². The molecule has 5 rings (SSSR count). The van der Waals surface area contributed by atoms with Crippen LogP contribution in [0.2, 0.25) is 5.02 Å². The monoisotopic (exact) mass is 453 g/mol. The molecule has 0 fully saturated rings. The van der Waals surface area contributed by atoms with Gasteiger partial charge in [-0.3, -0.25) is 9.78 Å². The predicted molar refractivity (Wildman–Crippen MR) is 130 cm³/mol. The number of hydrogen-bond donors (Lipinski definition) is 1. The van der Waals surface area contributed by atoms with Crippen LogP contribution in [0.15, 0.2) is 91.3 Å². The quantitative estimate of drug-likeness (QED) is 0.360. The van der Waals surface area contributed by atoms with Crippen molar-refractivity contribution in [3.8, 4) is 11.4 Å². The molecule has 0 atom stereocenters. The van der Waals surface area contributed by atoms with E-state index >= 15 is 0 Å². The number of nitrogens with one attached hydrogen (secondary N) is 1. The SMILES string of the molecule is O=C(Cc1cccc2ccccc12)n1nc(-c2cccnc2)nc1NCc1cccc(Cl)c1. The average Bonchev–Trinajstić information content (AvgIpc) is 3.28. The van der Waals surface area contributed by atoms with Crippen LogP contribution in [0.4, 0.5) is 5.95 Å². The molecule has 2 aromatic heterocycles. The third kappa shape index (κ3) is 4.61. The van der Waals surface area contributed by atoms with E-state index in [4.69, 9.17) is 11.6 Å². The lowest BCUT2D eigenvalue weighted by molar-refractivity contribution is 0.0901. The Hall–Kier alpha value is -4.03. The maximum Gasteiger partial charge on any atom is 0.254 e. The molecule has 0 saturated carbocycles. The molecule has 0 spiro atoms. The smallest absolute Gasteiger partial charge is 0.254 e. The molecule has 162 valence electrons. The maximum atomic E-state index is 13.4. The Morgan fingerprint density at radius 1 is 0.970 bits per heavy atom. The molecule has 2 heterocycles. The summed E-state index contributed by atoms with van der Waals surface area (Å²) in [6, 6.07) is 25.2. The standard InChI is InChI=1S/C26H20ClN5O/c27-22-11-3-6-18(14-22)16-29-26-30-25(21-10-5-13-28-17-21)31-32(26)24(33)15-20-9-4-8-19-7-1-2-12-23(19)20/h1-14,17H,15-16H2,(H,29,30,31). The van der Waals surface area contributed by atoms with Crippen molar-refractivity contribution in [2.45, 2.75) is 13.0 Å². The number of anilines is 1. The zero-order chi connectivity index (χ0) is 22.6. The van der Waals surface area contributed by atoms with Crippen molar-refractivity contribution in [3.63, 3.8) is 0 Å². The minimum absolute atomic E-state index is 0.178. The second-order valence-electron chi connectivity index (χ2n) is 7.60. The van der Waals surface area contributed by atoms with E-state index < -0.39 is 0 Å². The van der Waals surface area contributed by atoms with Gasteiger partial charge in [0.2, 0.25) is 5.95 Å². The number of carbonyl (C=O) groups is 1. The van der Waals surface area contributed by atoms with Gasteiger partial charge in [0.1, 0.15) is 0 Å².